The summed E-state index contributed by atoms with van der Waals surface area (Å²) in [4.78, 5) is 14.7. The molecule has 0 unspecified atom stereocenters. The number of ether oxygens (including phenoxy) is 1. The fraction of sp³-hybridized carbons (Fsp3) is 0.111. The third-order valence-electron chi connectivity index (χ3n) is 3.63. The first kappa shape index (κ1) is 19.2. The second kappa shape index (κ2) is 7.98. The zero-order valence-electron chi connectivity index (χ0n) is 13.5. The Kier molecular flexibility index (Phi) is 5.67. The lowest BCUT2D eigenvalue weighted by atomic mass is 10.1. The molecule has 0 saturated heterocycles. The van der Waals surface area contributed by atoms with Crippen LogP contribution in [-0.4, -0.2) is 11.0 Å². The highest BCUT2D eigenvalue weighted by Gasteiger charge is 2.16. The number of benzene rings is 2. The van der Waals surface area contributed by atoms with Gasteiger partial charge in [0.05, 0.1) is 11.3 Å². The average molecular weight is 413 g/mol. The van der Waals surface area contributed by atoms with Gasteiger partial charge in [0.25, 0.3) is 0 Å². The first-order valence-corrected chi connectivity index (χ1v) is 8.80. The molecule has 2 aromatic carbocycles. The van der Waals surface area contributed by atoms with Crippen LogP contribution in [0.15, 0.2) is 35.7 Å². The van der Waals surface area contributed by atoms with Gasteiger partial charge in [-0.1, -0.05) is 11.6 Å². The SMILES string of the molecule is O=C([O-])c1nc(Cc2cc(Cl)ccc2OCc2c(F)ccc(F)c2F)cs1. The first-order valence-electron chi connectivity index (χ1n) is 7.54. The van der Waals surface area contributed by atoms with Crippen LogP contribution in [0.1, 0.15) is 26.6 Å². The number of carboxylic acids is 1. The highest BCUT2D eigenvalue weighted by atomic mass is 35.5. The molecular weight excluding hydrogens is 403 g/mol. The molecule has 0 atom stereocenters. The van der Waals surface area contributed by atoms with E-state index in [1.54, 1.807) is 11.4 Å². The number of rotatable bonds is 6. The Morgan fingerprint density at radius 2 is 1.93 bits per heavy atom. The molecule has 1 aromatic heterocycles. The molecule has 4 nitrogen and oxygen atoms in total. The summed E-state index contributed by atoms with van der Waals surface area (Å²) in [5, 5.41) is 12.6. The van der Waals surface area contributed by atoms with Crippen LogP contribution in [0, 0.1) is 17.5 Å². The van der Waals surface area contributed by atoms with Crippen molar-refractivity contribution in [1.82, 2.24) is 4.98 Å². The smallest absolute Gasteiger partial charge is 0.168 e. The Bertz CT molecular complexity index is 1010. The van der Waals surface area contributed by atoms with E-state index < -0.39 is 35.6 Å². The third kappa shape index (κ3) is 4.40. The Hall–Kier alpha value is -2.58. The van der Waals surface area contributed by atoms with E-state index in [1.165, 1.54) is 12.1 Å². The van der Waals surface area contributed by atoms with Crippen molar-refractivity contribution >= 4 is 28.9 Å². The maximum Gasteiger partial charge on any atom is 0.168 e. The number of thiazole rings is 1. The Morgan fingerprint density at radius 1 is 1.19 bits per heavy atom. The molecule has 0 aliphatic carbocycles. The van der Waals surface area contributed by atoms with Crippen molar-refractivity contribution in [1.29, 1.82) is 0 Å². The predicted octanol–water partition coefficient (Wildman–Crippen LogP) is 3.75. The molecule has 0 fully saturated rings. The standard InChI is InChI=1S/C18H11ClF3NO3S/c19-10-1-4-15(26-7-12-13(20)2-3-14(21)16(12)22)9(5-10)6-11-8-27-17(23-11)18(24)25/h1-5,8H,6-7H2,(H,24,25)/p-1. The van der Waals surface area contributed by atoms with Crippen molar-refractivity contribution in [2.24, 2.45) is 0 Å². The van der Waals surface area contributed by atoms with Gasteiger partial charge in [0.1, 0.15) is 29.2 Å². The zero-order valence-corrected chi connectivity index (χ0v) is 15.0. The lowest BCUT2D eigenvalue weighted by Crippen LogP contribution is -2.21. The first-order chi connectivity index (χ1) is 12.8. The quantitative estimate of drug-likeness (QED) is 0.578. The van der Waals surface area contributed by atoms with Gasteiger partial charge in [-0.25, -0.2) is 18.2 Å². The van der Waals surface area contributed by atoms with Crippen LogP contribution in [0.25, 0.3) is 0 Å². The van der Waals surface area contributed by atoms with Crippen molar-refractivity contribution < 1.29 is 27.8 Å². The molecule has 0 saturated carbocycles. The van der Waals surface area contributed by atoms with Gasteiger partial charge in [-0.2, -0.15) is 0 Å². The van der Waals surface area contributed by atoms with Crippen LogP contribution in [0.2, 0.25) is 5.02 Å². The Balaban J connectivity index is 1.84. The number of aromatic carboxylic acids is 1. The molecular formula is C18H10ClF3NO3S-. The van der Waals surface area contributed by atoms with E-state index in [2.05, 4.69) is 4.98 Å². The van der Waals surface area contributed by atoms with E-state index in [1.807, 2.05) is 0 Å². The Morgan fingerprint density at radius 3 is 2.63 bits per heavy atom. The van der Waals surface area contributed by atoms with Gasteiger partial charge in [0.15, 0.2) is 11.6 Å². The Labute approximate surface area is 160 Å². The lowest BCUT2D eigenvalue weighted by Gasteiger charge is -2.13. The van der Waals surface area contributed by atoms with Crippen LogP contribution in [0.4, 0.5) is 13.2 Å². The highest BCUT2D eigenvalue weighted by Crippen LogP contribution is 2.27. The van der Waals surface area contributed by atoms with Gasteiger partial charge in [0, 0.05) is 22.4 Å². The topological polar surface area (TPSA) is 62.2 Å². The molecule has 0 radical (unpaired) electrons. The molecule has 0 amide bonds. The lowest BCUT2D eigenvalue weighted by molar-refractivity contribution is -0.255. The summed E-state index contributed by atoms with van der Waals surface area (Å²) < 4.78 is 46.3. The number of aromatic nitrogens is 1. The fourth-order valence-corrected chi connectivity index (χ4v) is 3.20. The van der Waals surface area contributed by atoms with Gasteiger partial charge >= 0.3 is 0 Å². The second-order valence-electron chi connectivity index (χ2n) is 5.47. The van der Waals surface area contributed by atoms with Crippen molar-refractivity contribution in [2.45, 2.75) is 13.0 Å². The molecule has 9 heteroatoms. The predicted molar refractivity (Wildman–Crippen MR) is 91.4 cm³/mol. The number of carboxylic acid groups (broad SMARTS) is 1. The summed E-state index contributed by atoms with van der Waals surface area (Å²) in [6, 6.07) is 6.09. The monoisotopic (exact) mass is 412 g/mol. The third-order valence-corrected chi connectivity index (χ3v) is 4.74. The normalized spacial score (nSPS) is 10.8. The molecule has 0 aliphatic rings. The maximum atomic E-state index is 13.8. The van der Waals surface area contributed by atoms with E-state index in [0.717, 1.165) is 17.4 Å². The van der Waals surface area contributed by atoms with Gasteiger partial charge in [-0.3, -0.25) is 0 Å². The molecule has 3 aromatic rings. The minimum Gasteiger partial charge on any atom is -0.542 e. The summed E-state index contributed by atoms with van der Waals surface area (Å²) in [5.74, 6) is -4.55. The van der Waals surface area contributed by atoms with Gasteiger partial charge < -0.3 is 14.6 Å². The van der Waals surface area contributed by atoms with Crippen LogP contribution in [0.5, 0.6) is 5.75 Å². The number of nitrogens with zero attached hydrogens (tertiary/aromatic N) is 1. The maximum absolute atomic E-state index is 13.8. The molecule has 0 N–H and O–H groups in total. The van der Waals surface area contributed by atoms with Gasteiger partial charge in [0.2, 0.25) is 0 Å². The van der Waals surface area contributed by atoms with Crippen molar-refractivity contribution in [2.75, 3.05) is 0 Å². The number of hydrogen-bond donors (Lipinski definition) is 0. The summed E-state index contributed by atoms with van der Waals surface area (Å²) in [6.07, 6.45) is 0.174. The molecule has 1 heterocycles. The van der Waals surface area contributed by atoms with Crippen LogP contribution >= 0.6 is 22.9 Å². The van der Waals surface area contributed by atoms with E-state index in [9.17, 15) is 23.1 Å². The highest BCUT2D eigenvalue weighted by molar-refractivity contribution is 7.11. The second-order valence-corrected chi connectivity index (χ2v) is 6.77. The summed E-state index contributed by atoms with van der Waals surface area (Å²) in [6.45, 7) is -0.536. The number of halogens is 4. The van der Waals surface area contributed by atoms with Crippen LogP contribution in [0.3, 0.4) is 0 Å². The van der Waals surface area contributed by atoms with Crippen molar-refractivity contribution in [3.63, 3.8) is 0 Å². The summed E-state index contributed by atoms with van der Waals surface area (Å²) in [5.41, 5.74) is 0.424. The zero-order chi connectivity index (χ0) is 19.6. The van der Waals surface area contributed by atoms with E-state index in [0.29, 0.717) is 22.3 Å². The van der Waals surface area contributed by atoms with E-state index in [4.69, 9.17) is 16.3 Å². The number of hydrogen-bond acceptors (Lipinski definition) is 5. The summed E-state index contributed by atoms with van der Waals surface area (Å²) in [7, 11) is 0. The molecule has 0 bridgehead atoms. The van der Waals surface area contributed by atoms with E-state index in [-0.39, 0.29) is 17.2 Å². The van der Waals surface area contributed by atoms with Crippen LogP contribution in [-0.2, 0) is 13.0 Å². The molecule has 0 spiro atoms. The molecule has 3 rings (SSSR count). The summed E-state index contributed by atoms with van der Waals surface area (Å²) >= 11 is 6.89. The molecule has 27 heavy (non-hydrogen) atoms. The van der Waals surface area contributed by atoms with E-state index >= 15 is 0 Å². The van der Waals surface area contributed by atoms with Crippen molar-refractivity contribution in [3.05, 3.63) is 80.0 Å². The van der Waals surface area contributed by atoms with Crippen molar-refractivity contribution in [3.8, 4) is 5.75 Å². The van der Waals surface area contributed by atoms with Crippen LogP contribution < -0.4 is 9.84 Å². The fourth-order valence-electron chi connectivity index (χ4n) is 2.36. The minimum absolute atomic E-state index is 0.168. The number of carbonyl (C=O) groups excluding carboxylic acids is 1. The largest absolute Gasteiger partial charge is 0.542 e. The van der Waals surface area contributed by atoms with Gasteiger partial charge in [-0.05, 0) is 30.3 Å². The minimum atomic E-state index is -1.38. The number of carbonyl (C=O) groups is 1. The molecule has 140 valence electrons. The van der Waals surface area contributed by atoms with Gasteiger partial charge in [-0.15, -0.1) is 11.3 Å². The molecule has 0 aliphatic heterocycles. The average Bonchev–Trinajstić information content (AvgIpc) is 3.09.